The van der Waals surface area contributed by atoms with E-state index in [1.807, 2.05) is 31.2 Å². The van der Waals surface area contributed by atoms with Gasteiger partial charge in [0.05, 0.1) is 10.6 Å². The molecule has 0 spiro atoms. The molecular weight excluding hydrogens is 571 g/mol. The molecule has 10 heteroatoms. The molecule has 7 nitrogen and oxygen atoms in total. The van der Waals surface area contributed by atoms with Gasteiger partial charge in [-0.05, 0) is 65.9 Å². The fourth-order valence-electron chi connectivity index (χ4n) is 3.02. The van der Waals surface area contributed by atoms with E-state index in [9.17, 15) is 13.2 Å². The van der Waals surface area contributed by atoms with Gasteiger partial charge in [-0.3, -0.25) is 14.4 Å². The van der Waals surface area contributed by atoms with Crippen LogP contribution in [0.1, 0.15) is 5.56 Å². The number of amides is 1. The maximum atomic E-state index is 13.3. The monoisotopic (exact) mass is 590 g/mol. The van der Waals surface area contributed by atoms with Crippen LogP contribution in [0, 0.1) is 10.5 Å². The molecule has 33 heavy (non-hydrogen) atoms. The summed E-state index contributed by atoms with van der Waals surface area (Å²) in [7, 11) is -3.96. The lowest BCUT2D eigenvalue weighted by molar-refractivity contribution is -0.114. The summed E-state index contributed by atoms with van der Waals surface area (Å²) in [6.45, 7) is 1.59. The molecule has 0 atom stereocenters. The van der Waals surface area contributed by atoms with E-state index < -0.39 is 22.5 Å². The first-order valence-electron chi connectivity index (χ1n) is 9.87. The van der Waals surface area contributed by atoms with Gasteiger partial charge in [-0.2, -0.15) is 0 Å². The van der Waals surface area contributed by atoms with Crippen molar-refractivity contribution in [1.82, 2.24) is 10.2 Å². The third-order valence-corrected chi connectivity index (χ3v) is 8.10. The summed E-state index contributed by atoms with van der Waals surface area (Å²) in [6, 6.07) is 22.8. The first-order chi connectivity index (χ1) is 15.8. The maximum Gasteiger partial charge on any atom is 0.264 e. The van der Waals surface area contributed by atoms with Gasteiger partial charge in [0.2, 0.25) is 11.0 Å². The van der Waals surface area contributed by atoms with E-state index in [1.54, 1.807) is 42.5 Å². The van der Waals surface area contributed by atoms with Gasteiger partial charge in [-0.25, -0.2) is 8.42 Å². The second-order valence-corrected chi connectivity index (χ2v) is 11.2. The Labute approximate surface area is 209 Å². The first-order valence-corrected chi connectivity index (χ1v) is 13.2. The van der Waals surface area contributed by atoms with E-state index in [1.165, 1.54) is 23.5 Å². The third kappa shape index (κ3) is 5.57. The van der Waals surface area contributed by atoms with Crippen molar-refractivity contribution in [3.8, 4) is 10.6 Å². The number of aryl methyl sites for hydroxylation is 1. The number of carbonyl (C=O) groups excluding carboxylic acids is 1. The van der Waals surface area contributed by atoms with Gasteiger partial charge in [0.1, 0.15) is 11.6 Å². The van der Waals surface area contributed by atoms with Crippen molar-refractivity contribution in [3.05, 3.63) is 88.0 Å². The zero-order valence-corrected chi connectivity index (χ0v) is 21.3. The first kappa shape index (κ1) is 23.3. The van der Waals surface area contributed by atoms with Crippen molar-refractivity contribution >= 4 is 60.7 Å². The van der Waals surface area contributed by atoms with Crippen molar-refractivity contribution in [2.24, 2.45) is 0 Å². The zero-order chi connectivity index (χ0) is 23.4. The van der Waals surface area contributed by atoms with Gasteiger partial charge in [0, 0.05) is 9.13 Å². The third-order valence-electron chi connectivity index (χ3n) is 4.70. The van der Waals surface area contributed by atoms with Crippen LogP contribution in [0.3, 0.4) is 0 Å². The Hall–Kier alpha value is -2.83. The van der Waals surface area contributed by atoms with E-state index in [0.717, 1.165) is 19.0 Å². The molecule has 0 unspecified atom stereocenters. The molecule has 1 amide bonds. The van der Waals surface area contributed by atoms with Crippen molar-refractivity contribution in [2.45, 2.75) is 11.8 Å². The van der Waals surface area contributed by atoms with Gasteiger partial charge in [-0.15, -0.1) is 10.2 Å². The number of anilines is 2. The lowest BCUT2D eigenvalue weighted by Crippen LogP contribution is -2.38. The molecule has 0 aliphatic rings. The van der Waals surface area contributed by atoms with Crippen LogP contribution in [0.4, 0.5) is 10.8 Å². The summed E-state index contributed by atoms with van der Waals surface area (Å²) in [5.41, 5.74) is 2.42. The SMILES string of the molecule is Cc1ccc(-c2nnc(NC(=O)CN(c3ccc(I)cc3)S(=O)(=O)c3ccccc3)s2)cc1. The second-order valence-electron chi connectivity index (χ2n) is 7.13. The lowest BCUT2D eigenvalue weighted by atomic mass is 10.2. The minimum absolute atomic E-state index is 0.105. The number of carbonyl (C=O) groups is 1. The number of aromatic nitrogens is 2. The Balaban J connectivity index is 1.57. The van der Waals surface area contributed by atoms with Crippen molar-refractivity contribution in [3.63, 3.8) is 0 Å². The number of nitrogens with one attached hydrogen (secondary N) is 1. The molecule has 0 bridgehead atoms. The Bertz CT molecular complexity index is 1360. The molecule has 168 valence electrons. The topological polar surface area (TPSA) is 92.3 Å². The van der Waals surface area contributed by atoms with E-state index >= 15 is 0 Å². The molecule has 0 aliphatic heterocycles. The predicted molar refractivity (Wildman–Crippen MR) is 139 cm³/mol. The van der Waals surface area contributed by atoms with E-state index in [2.05, 4.69) is 38.1 Å². The van der Waals surface area contributed by atoms with Crippen LogP contribution in [0.5, 0.6) is 0 Å². The predicted octanol–water partition coefficient (Wildman–Crippen LogP) is 4.95. The van der Waals surface area contributed by atoms with Gasteiger partial charge >= 0.3 is 0 Å². The number of hydrogen-bond acceptors (Lipinski definition) is 6. The number of rotatable bonds is 7. The molecule has 0 saturated carbocycles. The van der Waals surface area contributed by atoms with Gasteiger partial charge in [0.15, 0.2) is 0 Å². The highest BCUT2D eigenvalue weighted by molar-refractivity contribution is 14.1. The summed E-state index contributed by atoms with van der Waals surface area (Å²) in [4.78, 5) is 13.0. The summed E-state index contributed by atoms with van der Waals surface area (Å²) in [5.74, 6) is -0.514. The van der Waals surface area contributed by atoms with E-state index in [4.69, 9.17) is 0 Å². The molecule has 4 aromatic rings. The second kappa shape index (κ2) is 9.98. The number of halogens is 1. The molecule has 1 heterocycles. The average Bonchev–Trinajstić information content (AvgIpc) is 3.27. The standard InChI is InChI=1S/C23H19IN4O3S2/c1-16-7-9-17(10-8-16)22-26-27-23(32-22)25-21(29)15-28(19-13-11-18(24)12-14-19)33(30,31)20-5-3-2-4-6-20/h2-14H,15H2,1H3,(H,25,27,29). The fourth-order valence-corrected chi connectivity index (χ4v) is 5.58. The largest absolute Gasteiger partial charge is 0.299 e. The van der Waals surface area contributed by atoms with Crippen LogP contribution in [0.15, 0.2) is 83.8 Å². The molecule has 4 rings (SSSR count). The summed E-state index contributed by atoms with van der Waals surface area (Å²) in [5, 5.41) is 11.8. The van der Waals surface area contributed by atoms with Gasteiger partial charge in [0.25, 0.3) is 10.0 Å². The molecule has 0 radical (unpaired) electrons. The number of benzene rings is 3. The Morgan fingerprint density at radius 1 is 0.970 bits per heavy atom. The molecule has 0 fully saturated rings. The molecule has 1 aromatic heterocycles. The molecule has 3 aromatic carbocycles. The number of sulfonamides is 1. The Kier molecular flexibility index (Phi) is 7.05. The summed E-state index contributed by atoms with van der Waals surface area (Å²) < 4.78 is 28.7. The Morgan fingerprint density at radius 3 is 2.30 bits per heavy atom. The highest BCUT2D eigenvalue weighted by Gasteiger charge is 2.27. The number of hydrogen-bond donors (Lipinski definition) is 1. The minimum atomic E-state index is -3.96. The smallest absolute Gasteiger partial charge is 0.264 e. The van der Waals surface area contributed by atoms with Crippen LogP contribution in [-0.4, -0.2) is 31.1 Å². The summed E-state index contributed by atoms with van der Waals surface area (Å²) in [6.07, 6.45) is 0. The zero-order valence-electron chi connectivity index (χ0n) is 17.5. The van der Waals surface area contributed by atoms with Crippen molar-refractivity contribution < 1.29 is 13.2 Å². The molecular formula is C23H19IN4O3S2. The maximum absolute atomic E-state index is 13.3. The quantitative estimate of drug-likeness (QED) is 0.308. The normalized spacial score (nSPS) is 11.2. The van der Waals surface area contributed by atoms with Crippen LogP contribution < -0.4 is 9.62 Å². The van der Waals surface area contributed by atoms with E-state index in [-0.39, 0.29) is 4.90 Å². The fraction of sp³-hybridized carbons (Fsp3) is 0.0870. The van der Waals surface area contributed by atoms with Gasteiger partial charge in [-0.1, -0.05) is 59.4 Å². The van der Waals surface area contributed by atoms with Gasteiger partial charge < -0.3 is 0 Å². The van der Waals surface area contributed by atoms with Crippen LogP contribution in [-0.2, 0) is 14.8 Å². The molecule has 1 N–H and O–H groups in total. The van der Waals surface area contributed by atoms with E-state index in [0.29, 0.717) is 15.8 Å². The number of nitrogens with zero attached hydrogens (tertiary/aromatic N) is 3. The minimum Gasteiger partial charge on any atom is -0.299 e. The highest BCUT2D eigenvalue weighted by atomic mass is 127. The van der Waals surface area contributed by atoms with Crippen molar-refractivity contribution in [2.75, 3.05) is 16.2 Å². The van der Waals surface area contributed by atoms with Crippen LogP contribution >= 0.6 is 33.9 Å². The van der Waals surface area contributed by atoms with Crippen LogP contribution in [0.2, 0.25) is 0 Å². The molecule has 0 saturated heterocycles. The highest BCUT2D eigenvalue weighted by Crippen LogP contribution is 2.27. The lowest BCUT2D eigenvalue weighted by Gasteiger charge is -2.24. The Morgan fingerprint density at radius 2 is 1.64 bits per heavy atom. The van der Waals surface area contributed by atoms with Crippen molar-refractivity contribution in [1.29, 1.82) is 0 Å². The molecule has 0 aliphatic carbocycles. The van der Waals surface area contributed by atoms with Crippen LogP contribution in [0.25, 0.3) is 10.6 Å². The summed E-state index contributed by atoms with van der Waals surface area (Å²) >= 11 is 3.37. The average molecular weight is 590 g/mol.